The first-order valence-electron chi connectivity index (χ1n) is 5.41. The number of anilines is 1. The summed E-state index contributed by atoms with van der Waals surface area (Å²) in [6.07, 6.45) is 2.91. The first-order chi connectivity index (χ1) is 9.38. The van der Waals surface area contributed by atoms with Gasteiger partial charge in [0.1, 0.15) is 4.90 Å². The van der Waals surface area contributed by atoms with E-state index in [4.69, 9.17) is 5.14 Å². The number of carbonyl (C=O) groups excluding carboxylic acids is 1. The minimum absolute atomic E-state index is 0.125. The van der Waals surface area contributed by atoms with E-state index < -0.39 is 15.9 Å². The van der Waals surface area contributed by atoms with Crippen molar-refractivity contribution in [3.8, 4) is 0 Å². The van der Waals surface area contributed by atoms with Crippen LogP contribution in [0.25, 0.3) is 0 Å². The highest BCUT2D eigenvalue weighted by Gasteiger charge is 2.16. The van der Waals surface area contributed by atoms with E-state index in [9.17, 15) is 13.2 Å². The minimum Gasteiger partial charge on any atom is -0.321 e. The fraction of sp³-hybridized carbons (Fsp3) is 0. The third-order valence-corrected chi connectivity index (χ3v) is 3.81. The number of amides is 1. The summed E-state index contributed by atoms with van der Waals surface area (Å²) in [6.45, 7) is 0. The van der Waals surface area contributed by atoms with Crippen LogP contribution in [0.5, 0.6) is 0 Å². The van der Waals surface area contributed by atoms with E-state index in [-0.39, 0.29) is 10.6 Å². The lowest BCUT2D eigenvalue weighted by molar-refractivity contribution is 0.102. The average molecular weight is 356 g/mol. The van der Waals surface area contributed by atoms with Gasteiger partial charge in [0, 0.05) is 16.9 Å². The number of halogens is 1. The van der Waals surface area contributed by atoms with Gasteiger partial charge in [-0.05, 0) is 34.1 Å². The standard InChI is InChI=1S/C12H10BrN3O3S/c13-9-5-8(6-15-7-9)12(17)16-10-3-1-2-4-11(10)20(14,18)19/h1-7H,(H,16,17)(H2,14,18,19). The maximum Gasteiger partial charge on any atom is 0.257 e. The molecule has 0 saturated carbocycles. The summed E-state index contributed by atoms with van der Waals surface area (Å²) in [5.41, 5.74) is 0.420. The second-order valence-corrected chi connectivity index (χ2v) is 6.33. The second kappa shape index (κ2) is 5.70. The number of primary sulfonamides is 1. The van der Waals surface area contributed by atoms with Crippen LogP contribution >= 0.6 is 15.9 Å². The molecule has 104 valence electrons. The molecule has 20 heavy (non-hydrogen) atoms. The van der Waals surface area contributed by atoms with E-state index in [2.05, 4.69) is 26.2 Å². The molecule has 6 nitrogen and oxygen atoms in total. The molecular formula is C12H10BrN3O3S. The Bertz CT molecular complexity index is 762. The minimum atomic E-state index is -3.91. The number of sulfonamides is 1. The smallest absolute Gasteiger partial charge is 0.257 e. The van der Waals surface area contributed by atoms with Gasteiger partial charge in [-0.25, -0.2) is 13.6 Å². The third-order valence-electron chi connectivity index (χ3n) is 2.41. The molecule has 0 aliphatic rings. The molecule has 0 atom stereocenters. The third kappa shape index (κ3) is 3.41. The summed E-state index contributed by atoms with van der Waals surface area (Å²) in [7, 11) is -3.91. The number of benzene rings is 1. The zero-order valence-electron chi connectivity index (χ0n) is 10.1. The van der Waals surface area contributed by atoms with Crippen LogP contribution in [-0.4, -0.2) is 19.3 Å². The van der Waals surface area contributed by atoms with Crippen molar-refractivity contribution in [2.75, 3.05) is 5.32 Å². The Hall–Kier alpha value is -1.77. The summed E-state index contributed by atoms with van der Waals surface area (Å²) in [5.74, 6) is -0.477. The Morgan fingerprint density at radius 3 is 2.60 bits per heavy atom. The highest BCUT2D eigenvalue weighted by Crippen LogP contribution is 2.20. The number of nitrogens with zero attached hydrogens (tertiary/aromatic N) is 1. The van der Waals surface area contributed by atoms with E-state index in [0.29, 0.717) is 10.0 Å². The predicted octanol–water partition coefficient (Wildman–Crippen LogP) is 1.74. The molecular weight excluding hydrogens is 346 g/mol. The Kier molecular flexibility index (Phi) is 4.17. The molecule has 1 aromatic heterocycles. The van der Waals surface area contributed by atoms with Crippen LogP contribution < -0.4 is 10.5 Å². The molecule has 0 unspecified atom stereocenters. The van der Waals surface area contributed by atoms with Crippen LogP contribution in [0.1, 0.15) is 10.4 Å². The molecule has 2 rings (SSSR count). The number of carbonyl (C=O) groups is 1. The lowest BCUT2D eigenvalue weighted by Crippen LogP contribution is -2.18. The van der Waals surface area contributed by atoms with Crippen molar-refractivity contribution in [3.63, 3.8) is 0 Å². The van der Waals surface area contributed by atoms with E-state index >= 15 is 0 Å². The monoisotopic (exact) mass is 355 g/mol. The zero-order chi connectivity index (χ0) is 14.8. The van der Waals surface area contributed by atoms with Crippen molar-refractivity contribution < 1.29 is 13.2 Å². The van der Waals surface area contributed by atoms with E-state index in [1.165, 1.54) is 30.6 Å². The van der Waals surface area contributed by atoms with Crippen molar-refractivity contribution in [2.24, 2.45) is 5.14 Å². The fourth-order valence-electron chi connectivity index (χ4n) is 1.55. The Labute approximate surface area is 124 Å². The number of nitrogens with two attached hydrogens (primary N) is 1. The van der Waals surface area contributed by atoms with Gasteiger partial charge < -0.3 is 5.32 Å². The summed E-state index contributed by atoms with van der Waals surface area (Å²) >= 11 is 3.20. The van der Waals surface area contributed by atoms with Gasteiger partial charge >= 0.3 is 0 Å². The topological polar surface area (TPSA) is 102 Å². The van der Waals surface area contributed by atoms with Crippen molar-refractivity contribution >= 4 is 37.5 Å². The molecule has 2 aromatic rings. The van der Waals surface area contributed by atoms with Gasteiger partial charge in [-0.1, -0.05) is 12.1 Å². The molecule has 0 aliphatic heterocycles. The van der Waals surface area contributed by atoms with Gasteiger partial charge in [0.05, 0.1) is 11.3 Å². The van der Waals surface area contributed by atoms with Crippen LogP contribution in [0.3, 0.4) is 0 Å². The van der Waals surface area contributed by atoms with Crippen molar-refractivity contribution in [1.82, 2.24) is 4.98 Å². The normalized spacial score (nSPS) is 11.1. The Morgan fingerprint density at radius 1 is 1.25 bits per heavy atom. The van der Waals surface area contributed by atoms with Gasteiger partial charge in [-0.15, -0.1) is 0 Å². The van der Waals surface area contributed by atoms with Crippen LogP contribution in [0.2, 0.25) is 0 Å². The molecule has 0 spiro atoms. The van der Waals surface area contributed by atoms with Crippen LogP contribution in [-0.2, 0) is 10.0 Å². The highest BCUT2D eigenvalue weighted by atomic mass is 79.9. The van der Waals surface area contributed by atoms with Crippen molar-refractivity contribution in [3.05, 3.63) is 52.8 Å². The summed E-state index contributed by atoms with van der Waals surface area (Å²) in [5, 5.41) is 7.60. The fourth-order valence-corrected chi connectivity index (χ4v) is 2.61. The molecule has 0 bridgehead atoms. The van der Waals surface area contributed by atoms with Crippen LogP contribution in [0.15, 0.2) is 52.1 Å². The number of para-hydroxylation sites is 1. The number of nitrogens with one attached hydrogen (secondary N) is 1. The summed E-state index contributed by atoms with van der Waals surface area (Å²) in [4.78, 5) is 15.8. The molecule has 1 aromatic carbocycles. The average Bonchev–Trinajstić information content (AvgIpc) is 2.38. The molecule has 8 heteroatoms. The number of aromatic nitrogens is 1. The molecule has 1 amide bonds. The van der Waals surface area contributed by atoms with Gasteiger partial charge in [0.2, 0.25) is 10.0 Å². The van der Waals surface area contributed by atoms with Crippen molar-refractivity contribution in [1.29, 1.82) is 0 Å². The summed E-state index contributed by atoms with van der Waals surface area (Å²) < 4.78 is 23.5. The second-order valence-electron chi connectivity index (χ2n) is 3.89. The summed E-state index contributed by atoms with van der Waals surface area (Å²) in [6, 6.07) is 7.48. The number of hydrogen-bond acceptors (Lipinski definition) is 4. The van der Waals surface area contributed by atoms with E-state index in [1.807, 2.05) is 0 Å². The predicted molar refractivity (Wildman–Crippen MR) is 77.7 cm³/mol. The highest BCUT2D eigenvalue weighted by molar-refractivity contribution is 9.10. The SMILES string of the molecule is NS(=O)(=O)c1ccccc1NC(=O)c1cncc(Br)c1. The van der Waals surface area contributed by atoms with Crippen molar-refractivity contribution in [2.45, 2.75) is 4.90 Å². The molecule has 1 heterocycles. The Morgan fingerprint density at radius 2 is 1.95 bits per heavy atom. The van der Waals surface area contributed by atoms with Gasteiger partial charge in [0.15, 0.2) is 0 Å². The van der Waals surface area contributed by atoms with E-state index in [0.717, 1.165) is 0 Å². The lowest BCUT2D eigenvalue weighted by Gasteiger charge is -2.09. The Balaban J connectivity index is 2.34. The number of rotatable bonds is 3. The van der Waals surface area contributed by atoms with Gasteiger partial charge in [-0.2, -0.15) is 0 Å². The molecule has 3 N–H and O–H groups in total. The molecule has 0 saturated heterocycles. The molecule has 0 aliphatic carbocycles. The lowest BCUT2D eigenvalue weighted by atomic mass is 10.2. The van der Waals surface area contributed by atoms with Crippen LogP contribution in [0.4, 0.5) is 5.69 Å². The maximum absolute atomic E-state index is 12.0. The van der Waals surface area contributed by atoms with Gasteiger partial charge in [0.25, 0.3) is 5.91 Å². The van der Waals surface area contributed by atoms with Crippen LogP contribution in [0, 0.1) is 0 Å². The first kappa shape index (κ1) is 14.6. The zero-order valence-corrected chi connectivity index (χ0v) is 12.5. The van der Waals surface area contributed by atoms with Gasteiger partial charge in [-0.3, -0.25) is 9.78 Å². The molecule has 0 radical (unpaired) electrons. The quantitative estimate of drug-likeness (QED) is 0.875. The number of pyridine rings is 1. The molecule has 0 fully saturated rings. The van der Waals surface area contributed by atoms with E-state index in [1.54, 1.807) is 12.1 Å². The number of hydrogen-bond donors (Lipinski definition) is 2. The maximum atomic E-state index is 12.0. The largest absolute Gasteiger partial charge is 0.321 e. The first-order valence-corrected chi connectivity index (χ1v) is 7.75.